The van der Waals surface area contributed by atoms with E-state index in [1.54, 1.807) is 6.20 Å². The van der Waals surface area contributed by atoms with Gasteiger partial charge >= 0.3 is 0 Å². The molecule has 0 saturated carbocycles. The molecule has 0 saturated heterocycles. The first-order chi connectivity index (χ1) is 11.0. The van der Waals surface area contributed by atoms with Gasteiger partial charge in [0.2, 0.25) is 5.43 Å². The lowest BCUT2D eigenvalue weighted by Gasteiger charge is -2.22. The Morgan fingerprint density at radius 3 is 2.43 bits per heavy atom. The number of unbranched alkanes of at least 4 members (excludes halogenated alkanes) is 1. The van der Waals surface area contributed by atoms with Crippen molar-refractivity contribution in [1.82, 2.24) is 14.4 Å². The molecule has 1 aromatic heterocycles. The van der Waals surface area contributed by atoms with Gasteiger partial charge in [-0.2, -0.15) is 0 Å². The number of aryl methyl sites for hydroxylation is 1. The smallest absolute Gasteiger partial charge is 0.223 e. The highest BCUT2D eigenvalue weighted by atomic mass is 16.3. The van der Waals surface area contributed by atoms with E-state index in [2.05, 4.69) is 37.1 Å². The molecular formula is C18H29N3O2. The van der Waals surface area contributed by atoms with E-state index in [9.17, 15) is 9.90 Å². The lowest BCUT2D eigenvalue weighted by Crippen LogP contribution is -2.26. The maximum atomic E-state index is 11.8. The molecule has 1 heterocycles. The van der Waals surface area contributed by atoms with Crippen molar-refractivity contribution in [3.8, 4) is 5.75 Å². The van der Waals surface area contributed by atoms with E-state index in [1.165, 1.54) is 6.07 Å². The van der Waals surface area contributed by atoms with Crippen molar-refractivity contribution in [2.45, 2.75) is 25.9 Å². The third kappa shape index (κ3) is 6.84. The van der Waals surface area contributed by atoms with Gasteiger partial charge in [-0.15, -0.1) is 13.2 Å². The molecule has 0 aliphatic heterocycles. The van der Waals surface area contributed by atoms with Gasteiger partial charge in [0.05, 0.1) is 6.20 Å². The number of aromatic nitrogens is 1. The summed E-state index contributed by atoms with van der Waals surface area (Å²) in [6.45, 7) is 11.4. The van der Waals surface area contributed by atoms with Crippen LogP contribution < -0.4 is 5.43 Å². The van der Waals surface area contributed by atoms with Crippen molar-refractivity contribution in [2.24, 2.45) is 0 Å². The Hall–Kier alpha value is -1.85. The van der Waals surface area contributed by atoms with Crippen molar-refractivity contribution in [3.63, 3.8) is 0 Å². The molecule has 0 amide bonds. The van der Waals surface area contributed by atoms with E-state index in [4.69, 9.17) is 0 Å². The average molecular weight is 319 g/mol. The van der Waals surface area contributed by atoms with E-state index < -0.39 is 0 Å². The molecule has 1 aromatic rings. The van der Waals surface area contributed by atoms with Crippen molar-refractivity contribution >= 4 is 0 Å². The normalized spacial score (nSPS) is 11.1. The number of nitrogens with zero attached hydrogens (tertiary/aromatic N) is 3. The standard InChI is InChI=1S/C18H29N3O2/c1-5-9-20(10-6-2)14-16-13-17(22)18(23)15-21(16)12-8-7-11-19(3)4/h5-6,13,15,23H,1-2,7-12,14H2,3-4H3. The summed E-state index contributed by atoms with van der Waals surface area (Å²) in [5, 5.41) is 9.72. The summed E-state index contributed by atoms with van der Waals surface area (Å²) < 4.78 is 1.98. The minimum atomic E-state index is -0.332. The Morgan fingerprint density at radius 1 is 1.22 bits per heavy atom. The van der Waals surface area contributed by atoms with Gasteiger partial charge in [-0.1, -0.05) is 12.2 Å². The first kappa shape index (κ1) is 19.2. The lowest BCUT2D eigenvalue weighted by molar-refractivity contribution is 0.313. The second-order valence-electron chi connectivity index (χ2n) is 5.99. The summed E-state index contributed by atoms with van der Waals surface area (Å²) in [7, 11) is 4.11. The molecule has 5 heteroatoms. The van der Waals surface area contributed by atoms with Crippen LogP contribution in [0, 0.1) is 0 Å². The summed E-state index contributed by atoms with van der Waals surface area (Å²) in [5.74, 6) is -0.194. The molecule has 1 N–H and O–H groups in total. The van der Waals surface area contributed by atoms with Gasteiger partial charge in [-0.25, -0.2) is 0 Å². The van der Waals surface area contributed by atoms with Crippen molar-refractivity contribution in [2.75, 3.05) is 33.7 Å². The van der Waals surface area contributed by atoms with Gasteiger partial charge in [-0.05, 0) is 33.5 Å². The molecule has 5 nitrogen and oxygen atoms in total. The molecule has 0 fully saturated rings. The topological polar surface area (TPSA) is 48.7 Å². The predicted octanol–water partition coefficient (Wildman–Crippen LogP) is 2.07. The highest BCUT2D eigenvalue weighted by Gasteiger charge is 2.09. The monoisotopic (exact) mass is 319 g/mol. The van der Waals surface area contributed by atoms with Crippen LogP contribution in [0.1, 0.15) is 18.5 Å². The van der Waals surface area contributed by atoms with Crippen LogP contribution in [-0.2, 0) is 13.1 Å². The molecule has 0 aliphatic rings. The van der Waals surface area contributed by atoms with Gasteiger partial charge in [-0.3, -0.25) is 9.69 Å². The lowest BCUT2D eigenvalue weighted by atomic mass is 10.2. The largest absolute Gasteiger partial charge is 0.503 e. The van der Waals surface area contributed by atoms with E-state index in [0.717, 1.165) is 44.7 Å². The second-order valence-corrected chi connectivity index (χ2v) is 5.99. The highest BCUT2D eigenvalue weighted by Crippen LogP contribution is 2.10. The van der Waals surface area contributed by atoms with Crippen molar-refractivity contribution < 1.29 is 5.11 Å². The van der Waals surface area contributed by atoms with E-state index >= 15 is 0 Å². The molecule has 0 aliphatic carbocycles. The van der Waals surface area contributed by atoms with E-state index in [1.807, 2.05) is 16.7 Å². The quantitative estimate of drug-likeness (QED) is 0.501. The Morgan fingerprint density at radius 2 is 1.87 bits per heavy atom. The molecule has 0 atom stereocenters. The number of hydrogen-bond acceptors (Lipinski definition) is 4. The summed E-state index contributed by atoms with van der Waals surface area (Å²) in [4.78, 5) is 16.1. The van der Waals surface area contributed by atoms with Crippen LogP contribution in [-0.4, -0.2) is 53.2 Å². The van der Waals surface area contributed by atoms with Crippen LogP contribution in [0.3, 0.4) is 0 Å². The molecule has 0 bridgehead atoms. The molecule has 23 heavy (non-hydrogen) atoms. The van der Waals surface area contributed by atoms with E-state index in [-0.39, 0.29) is 11.2 Å². The third-order valence-corrected chi connectivity index (χ3v) is 3.61. The number of rotatable bonds is 11. The number of hydrogen-bond donors (Lipinski definition) is 1. The second kappa shape index (κ2) is 10.0. The molecule has 0 spiro atoms. The first-order valence-corrected chi connectivity index (χ1v) is 7.99. The SMILES string of the molecule is C=CCN(CC=C)Cc1cc(=O)c(O)cn1CCCCN(C)C. The Labute approximate surface area is 139 Å². The van der Waals surface area contributed by atoms with Crippen LogP contribution in [0.5, 0.6) is 5.75 Å². The predicted molar refractivity (Wildman–Crippen MR) is 95.8 cm³/mol. The van der Waals surface area contributed by atoms with Gasteiger partial charge in [0.15, 0.2) is 5.75 Å². The fourth-order valence-corrected chi connectivity index (χ4v) is 2.46. The van der Waals surface area contributed by atoms with Gasteiger partial charge in [0.1, 0.15) is 0 Å². The molecular weight excluding hydrogens is 290 g/mol. The maximum Gasteiger partial charge on any atom is 0.223 e. The van der Waals surface area contributed by atoms with Gasteiger partial charge in [0, 0.05) is 37.9 Å². The highest BCUT2D eigenvalue weighted by molar-refractivity contribution is 5.20. The first-order valence-electron chi connectivity index (χ1n) is 7.99. The minimum Gasteiger partial charge on any atom is -0.503 e. The third-order valence-electron chi connectivity index (χ3n) is 3.61. The summed E-state index contributed by atoms with van der Waals surface area (Å²) in [6.07, 6.45) is 7.29. The fraction of sp³-hybridized carbons (Fsp3) is 0.500. The maximum absolute atomic E-state index is 11.8. The molecule has 1 rings (SSSR count). The number of aromatic hydroxyl groups is 1. The Kier molecular flexibility index (Phi) is 8.37. The van der Waals surface area contributed by atoms with Crippen LogP contribution >= 0.6 is 0 Å². The molecule has 0 unspecified atom stereocenters. The van der Waals surface area contributed by atoms with E-state index in [0.29, 0.717) is 6.54 Å². The average Bonchev–Trinajstić information content (AvgIpc) is 2.48. The number of pyridine rings is 1. The van der Waals surface area contributed by atoms with Crippen LogP contribution in [0.4, 0.5) is 0 Å². The summed E-state index contributed by atoms with van der Waals surface area (Å²) in [5.41, 5.74) is 0.572. The molecule has 0 aromatic carbocycles. The van der Waals surface area contributed by atoms with Crippen molar-refractivity contribution in [1.29, 1.82) is 0 Å². The fourth-order valence-electron chi connectivity index (χ4n) is 2.46. The van der Waals surface area contributed by atoms with Crippen molar-refractivity contribution in [3.05, 3.63) is 53.5 Å². The zero-order valence-electron chi connectivity index (χ0n) is 14.4. The summed E-state index contributed by atoms with van der Waals surface area (Å²) in [6, 6.07) is 1.53. The zero-order valence-corrected chi connectivity index (χ0v) is 14.4. The van der Waals surface area contributed by atoms with Crippen LogP contribution in [0.15, 0.2) is 42.4 Å². The Balaban J connectivity index is 2.86. The van der Waals surface area contributed by atoms with Gasteiger partial charge in [0.25, 0.3) is 0 Å². The van der Waals surface area contributed by atoms with Crippen LogP contribution in [0.2, 0.25) is 0 Å². The molecule has 0 radical (unpaired) electrons. The Bertz CT molecular complexity index is 554. The van der Waals surface area contributed by atoms with Crippen LogP contribution in [0.25, 0.3) is 0 Å². The molecule has 128 valence electrons. The summed E-state index contributed by atoms with van der Waals surface area (Å²) >= 11 is 0. The minimum absolute atomic E-state index is 0.194. The van der Waals surface area contributed by atoms with Gasteiger partial charge < -0.3 is 14.6 Å². The zero-order chi connectivity index (χ0) is 17.2.